The molecule has 2 aromatic carbocycles. The smallest absolute Gasteiger partial charge is 0.303 e. The summed E-state index contributed by atoms with van der Waals surface area (Å²) in [6, 6.07) is 6.68. The zero-order valence-corrected chi connectivity index (χ0v) is 23.0. The van der Waals surface area contributed by atoms with Crippen LogP contribution in [-0.4, -0.2) is 58.6 Å². The van der Waals surface area contributed by atoms with E-state index in [0.29, 0.717) is 90.4 Å². The Kier molecular flexibility index (Phi) is 9.64. The molecule has 6 nitrogen and oxygen atoms in total. The largest absolute Gasteiger partial charge is 0.497 e. The molecule has 0 radical (unpaired) electrons. The summed E-state index contributed by atoms with van der Waals surface area (Å²) in [6.45, 7) is 1.79. The number of rotatable bonds is 11. The molecule has 2 N–H and O–H groups in total. The predicted octanol–water partition coefficient (Wildman–Crippen LogP) is 6.48. The first-order valence-electron chi connectivity index (χ1n) is 12.6. The van der Waals surface area contributed by atoms with Crippen molar-refractivity contribution in [2.24, 2.45) is 5.41 Å². The standard InChI is InChI=1S/C28H30ClF3N2O4S/c1-38-18-2-3-23-19(14-18)26(20(29)16-33-23)24(35)4-5-28(15-25(36)37)6-8-34(9-7-28)10-11-39-27-21(31)12-17(30)13-22(27)32/h2-3,12-14,16,24,35H,4-11,15H2,1H3,(H,36,37). The molecule has 11 heteroatoms. The highest BCUT2D eigenvalue weighted by Crippen LogP contribution is 2.43. The molecule has 1 aliphatic rings. The molecule has 0 aliphatic carbocycles. The van der Waals surface area contributed by atoms with Crippen molar-refractivity contribution in [3.63, 3.8) is 0 Å². The highest BCUT2D eigenvalue weighted by atomic mass is 35.5. The summed E-state index contributed by atoms with van der Waals surface area (Å²) < 4.78 is 46.3. The highest BCUT2D eigenvalue weighted by Gasteiger charge is 2.37. The molecule has 4 rings (SSSR count). The van der Waals surface area contributed by atoms with Gasteiger partial charge in [-0.25, -0.2) is 13.2 Å². The Bertz CT molecular complexity index is 1310. The number of carbonyl (C=O) groups is 1. The number of piperidine rings is 1. The molecule has 1 aromatic heterocycles. The van der Waals surface area contributed by atoms with Crippen LogP contribution in [0.1, 0.15) is 43.8 Å². The van der Waals surface area contributed by atoms with E-state index in [9.17, 15) is 28.2 Å². The van der Waals surface area contributed by atoms with Gasteiger partial charge in [-0.3, -0.25) is 9.78 Å². The third-order valence-corrected chi connectivity index (χ3v) is 8.78. The lowest BCUT2D eigenvalue weighted by molar-refractivity contribution is -0.141. The first-order chi connectivity index (χ1) is 18.6. The first-order valence-corrected chi connectivity index (χ1v) is 14.0. The van der Waals surface area contributed by atoms with Gasteiger partial charge in [-0.2, -0.15) is 0 Å². The number of carboxylic acid groups (broad SMARTS) is 1. The van der Waals surface area contributed by atoms with Crippen LogP contribution in [0.4, 0.5) is 13.2 Å². The molecular weight excluding hydrogens is 553 g/mol. The minimum atomic E-state index is -0.954. The lowest BCUT2D eigenvalue weighted by Gasteiger charge is -2.41. The van der Waals surface area contributed by atoms with Crippen molar-refractivity contribution in [2.75, 3.05) is 32.5 Å². The quantitative estimate of drug-likeness (QED) is 0.250. The maximum absolute atomic E-state index is 13.9. The van der Waals surface area contributed by atoms with Crippen LogP contribution in [-0.2, 0) is 4.79 Å². The number of pyridine rings is 1. The number of thioether (sulfide) groups is 1. The Morgan fingerprint density at radius 1 is 1.21 bits per heavy atom. The van der Waals surface area contributed by atoms with Crippen molar-refractivity contribution in [1.29, 1.82) is 0 Å². The van der Waals surface area contributed by atoms with Crippen LogP contribution >= 0.6 is 23.4 Å². The van der Waals surface area contributed by atoms with Gasteiger partial charge in [0.15, 0.2) is 0 Å². The molecular formula is C28H30ClF3N2O4S. The van der Waals surface area contributed by atoms with Gasteiger partial charge in [0.1, 0.15) is 23.2 Å². The van der Waals surface area contributed by atoms with Crippen molar-refractivity contribution in [3.05, 3.63) is 64.6 Å². The number of hydrogen-bond donors (Lipinski definition) is 2. The van der Waals surface area contributed by atoms with E-state index in [1.807, 2.05) is 0 Å². The zero-order valence-electron chi connectivity index (χ0n) is 21.4. The number of aliphatic carboxylic acids is 1. The molecule has 0 spiro atoms. The number of aromatic nitrogens is 1. The second-order valence-corrected chi connectivity index (χ2v) is 11.4. The number of hydrogen-bond acceptors (Lipinski definition) is 6. The van der Waals surface area contributed by atoms with Gasteiger partial charge in [0.25, 0.3) is 0 Å². The molecule has 0 amide bonds. The van der Waals surface area contributed by atoms with Crippen LogP contribution in [0, 0.1) is 22.9 Å². The van der Waals surface area contributed by atoms with Crippen molar-refractivity contribution in [3.8, 4) is 5.75 Å². The van der Waals surface area contributed by atoms with Crippen LogP contribution in [0.15, 0.2) is 41.4 Å². The fraction of sp³-hybridized carbons (Fsp3) is 0.429. The summed E-state index contributed by atoms with van der Waals surface area (Å²) in [5.74, 6) is -2.68. The van der Waals surface area contributed by atoms with Gasteiger partial charge >= 0.3 is 5.97 Å². The number of aliphatic hydroxyl groups is 1. The fourth-order valence-electron chi connectivity index (χ4n) is 5.25. The molecule has 2 heterocycles. The van der Waals surface area contributed by atoms with Gasteiger partial charge in [0.2, 0.25) is 0 Å². The summed E-state index contributed by atoms with van der Waals surface area (Å²) >= 11 is 7.43. The van der Waals surface area contributed by atoms with E-state index in [-0.39, 0.29) is 11.3 Å². The number of halogens is 4. The van der Waals surface area contributed by atoms with Gasteiger partial charge in [-0.1, -0.05) is 11.6 Å². The average Bonchev–Trinajstić information content (AvgIpc) is 2.89. The third-order valence-electron chi connectivity index (χ3n) is 7.41. The predicted molar refractivity (Wildman–Crippen MR) is 145 cm³/mol. The molecule has 0 bridgehead atoms. The van der Waals surface area contributed by atoms with Gasteiger partial charge < -0.3 is 19.8 Å². The summed E-state index contributed by atoms with van der Waals surface area (Å²) in [5.41, 5.74) is 0.709. The van der Waals surface area contributed by atoms with E-state index in [0.717, 1.165) is 11.8 Å². The zero-order chi connectivity index (χ0) is 28.2. The van der Waals surface area contributed by atoms with Crippen LogP contribution in [0.3, 0.4) is 0 Å². The van der Waals surface area contributed by atoms with E-state index in [1.165, 1.54) is 6.20 Å². The topological polar surface area (TPSA) is 82.9 Å². The first kappa shape index (κ1) is 29.5. The van der Waals surface area contributed by atoms with Crippen LogP contribution < -0.4 is 4.74 Å². The molecule has 210 valence electrons. The Balaban J connectivity index is 1.39. The molecule has 1 fully saturated rings. The number of fused-ring (bicyclic) bond motifs is 1. The average molecular weight is 583 g/mol. The molecule has 1 saturated heterocycles. The van der Waals surface area contributed by atoms with Gasteiger partial charge in [0, 0.05) is 41.6 Å². The van der Waals surface area contributed by atoms with Crippen molar-refractivity contribution >= 4 is 40.2 Å². The van der Waals surface area contributed by atoms with E-state index in [2.05, 4.69) is 9.88 Å². The molecule has 1 unspecified atom stereocenters. The van der Waals surface area contributed by atoms with Crippen LogP contribution in [0.25, 0.3) is 10.9 Å². The number of aliphatic hydroxyl groups excluding tert-OH is 1. The summed E-state index contributed by atoms with van der Waals surface area (Å²) in [5, 5.41) is 21.8. The maximum Gasteiger partial charge on any atom is 0.303 e. The van der Waals surface area contributed by atoms with E-state index < -0.39 is 34.9 Å². The second kappa shape index (κ2) is 12.8. The third kappa shape index (κ3) is 7.16. The molecule has 3 aromatic rings. The SMILES string of the molecule is COc1ccc2ncc(Cl)c(C(O)CCC3(CC(=O)O)CCN(CCSc4c(F)cc(F)cc4F)CC3)c2c1. The van der Waals surface area contributed by atoms with Gasteiger partial charge in [-0.15, -0.1) is 11.8 Å². The van der Waals surface area contributed by atoms with Crippen LogP contribution in [0.5, 0.6) is 5.75 Å². The Labute approximate surface area is 234 Å². The molecule has 0 saturated carbocycles. The fourth-order valence-corrected chi connectivity index (χ4v) is 6.48. The minimum absolute atomic E-state index is 0.0209. The number of ether oxygens (including phenoxy) is 1. The van der Waals surface area contributed by atoms with E-state index in [4.69, 9.17) is 16.3 Å². The number of carboxylic acids is 1. The highest BCUT2D eigenvalue weighted by molar-refractivity contribution is 7.99. The van der Waals surface area contributed by atoms with E-state index >= 15 is 0 Å². The minimum Gasteiger partial charge on any atom is -0.497 e. The summed E-state index contributed by atoms with van der Waals surface area (Å²) in [4.78, 5) is 18.0. The molecule has 1 aliphatic heterocycles. The lowest BCUT2D eigenvalue weighted by Crippen LogP contribution is -2.42. The second-order valence-electron chi connectivity index (χ2n) is 9.92. The molecule has 1 atom stereocenters. The normalized spacial score (nSPS) is 16.4. The van der Waals surface area contributed by atoms with Crippen molar-refractivity contribution in [2.45, 2.75) is 43.1 Å². The Morgan fingerprint density at radius 3 is 2.54 bits per heavy atom. The Hall–Kier alpha value is -2.53. The van der Waals surface area contributed by atoms with E-state index in [1.54, 1.807) is 25.3 Å². The maximum atomic E-state index is 13.9. The van der Waals surface area contributed by atoms with Crippen molar-refractivity contribution < 1.29 is 32.9 Å². The van der Waals surface area contributed by atoms with Gasteiger partial charge in [-0.05, 0) is 62.4 Å². The molecule has 39 heavy (non-hydrogen) atoms. The van der Waals surface area contributed by atoms with Gasteiger partial charge in [0.05, 0.1) is 35.1 Å². The van der Waals surface area contributed by atoms with Crippen molar-refractivity contribution in [1.82, 2.24) is 9.88 Å². The summed E-state index contributed by atoms with van der Waals surface area (Å²) in [7, 11) is 1.55. The number of likely N-dealkylation sites (tertiary alicyclic amines) is 1. The lowest BCUT2D eigenvalue weighted by atomic mass is 9.71. The van der Waals surface area contributed by atoms with Crippen LogP contribution in [0.2, 0.25) is 5.02 Å². The number of benzene rings is 2. The Morgan fingerprint density at radius 2 is 1.90 bits per heavy atom. The summed E-state index contributed by atoms with van der Waals surface area (Å²) in [6.07, 6.45) is 2.58. The monoisotopic (exact) mass is 582 g/mol. The number of nitrogens with zero attached hydrogens (tertiary/aromatic N) is 2. The number of methoxy groups -OCH3 is 1.